The average molecular weight is 304 g/mol. The lowest BCUT2D eigenvalue weighted by molar-refractivity contribution is 0.0941. The molecule has 0 radical (unpaired) electrons. The zero-order valence-electron chi connectivity index (χ0n) is 10.3. The quantitative estimate of drug-likeness (QED) is 0.840. The number of carbonyl (C=O) groups is 1. The molecule has 19 heavy (non-hydrogen) atoms. The van der Waals surface area contributed by atoms with Gasteiger partial charge in [0.2, 0.25) is 0 Å². The molecule has 1 N–H and O–H groups in total. The molecule has 1 amide bonds. The maximum Gasteiger partial charge on any atom is 0.251 e. The van der Waals surface area contributed by atoms with Crippen LogP contribution >= 0.6 is 11.6 Å². The van der Waals surface area contributed by atoms with Gasteiger partial charge in [0.15, 0.2) is 9.84 Å². The molecule has 1 saturated heterocycles. The van der Waals surface area contributed by atoms with E-state index < -0.39 is 21.3 Å². The van der Waals surface area contributed by atoms with E-state index >= 15 is 0 Å². The van der Waals surface area contributed by atoms with Crippen molar-refractivity contribution < 1.29 is 17.9 Å². The minimum atomic E-state index is -3.15. The van der Waals surface area contributed by atoms with E-state index in [0.29, 0.717) is 11.3 Å². The fourth-order valence-corrected chi connectivity index (χ4v) is 4.48. The summed E-state index contributed by atoms with van der Waals surface area (Å²) in [5, 5.41) is 2.07. The molecular weight excluding hydrogens is 290 g/mol. The molecule has 1 aliphatic heterocycles. The topological polar surface area (TPSA) is 72.5 Å². The van der Waals surface area contributed by atoms with Crippen molar-refractivity contribution in [1.82, 2.24) is 5.32 Å². The number of benzene rings is 1. The molecule has 1 aliphatic rings. The van der Waals surface area contributed by atoms with E-state index in [2.05, 4.69) is 5.32 Å². The minimum Gasteiger partial charge on any atom is -0.497 e. The van der Waals surface area contributed by atoms with Crippen molar-refractivity contribution in [2.24, 2.45) is 0 Å². The maximum absolute atomic E-state index is 12.0. The van der Waals surface area contributed by atoms with Gasteiger partial charge in [-0.2, -0.15) is 0 Å². The highest BCUT2D eigenvalue weighted by molar-refractivity contribution is 7.91. The lowest BCUT2D eigenvalue weighted by Crippen LogP contribution is -2.40. The summed E-state index contributed by atoms with van der Waals surface area (Å²) in [6.45, 7) is 0. The van der Waals surface area contributed by atoms with E-state index in [9.17, 15) is 13.2 Å². The Balaban J connectivity index is 2.05. The summed E-state index contributed by atoms with van der Waals surface area (Å²) in [4.78, 5) is 12.0. The van der Waals surface area contributed by atoms with E-state index in [1.807, 2.05) is 0 Å². The summed E-state index contributed by atoms with van der Waals surface area (Å²) >= 11 is 5.93. The number of ether oxygens (including phenoxy) is 1. The first-order chi connectivity index (χ1) is 8.91. The highest BCUT2D eigenvalue weighted by atomic mass is 35.5. The number of amides is 1. The third-order valence-electron chi connectivity index (χ3n) is 2.95. The van der Waals surface area contributed by atoms with Gasteiger partial charge >= 0.3 is 0 Å². The third kappa shape index (κ3) is 3.39. The number of rotatable bonds is 3. The molecule has 2 atom stereocenters. The van der Waals surface area contributed by atoms with Gasteiger partial charge in [0.05, 0.1) is 30.0 Å². The molecule has 104 valence electrons. The number of alkyl halides is 1. The van der Waals surface area contributed by atoms with Crippen molar-refractivity contribution in [1.29, 1.82) is 0 Å². The second-order valence-electron chi connectivity index (χ2n) is 4.40. The maximum atomic E-state index is 12.0. The predicted octanol–water partition coefficient (Wildman–Crippen LogP) is 0.829. The van der Waals surface area contributed by atoms with Crippen LogP contribution in [0.3, 0.4) is 0 Å². The number of carbonyl (C=O) groups excluding carboxylic acids is 1. The third-order valence-corrected chi connectivity index (χ3v) is 5.33. The molecule has 1 heterocycles. The highest BCUT2D eigenvalue weighted by Crippen LogP contribution is 2.19. The van der Waals surface area contributed by atoms with Crippen molar-refractivity contribution in [2.75, 3.05) is 18.6 Å². The van der Waals surface area contributed by atoms with Crippen LogP contribution in [0.25, 0.3) is 0 Å². The lowest BCUT2D eigenvalue weighted by Gasteiger charge is -2.14. The summed E-state index contributed by atoms with van der Waals surface area (Å²) in [6.07, 6.45) is 0. The molecule has 1 aromatic rings. The van der Waals surface area contributed by atoms with Crippen molar-refractivity contribution in [3.05, 3.63) is 29.8 Å². The molecule has 0 aliphatic carbocycles. The molecule has 0 bridgehead atoms. The van der Waals surface area contributed by atoms with E-state index in [4.69, 9.17) is 16.3 Å². The van der Waals surface area contributed by atoms with Gasteiger partial charge in [-0.25, -0.2) is 8.42 Å². The molecule has 1 aromatic carbocycles. The molecular formula is C12H14ClNO4S. The largest absolute Gasteiger partial charge is 0.497 e. The molecule has 0 spiro atoms. The van der Waals surface area contributed by atoms with Crippen LogP contribution in [-0.4, -0.2) is 44.4 Å². The Hall–Kier alpha value is -1.27. The van der Waals surface area contributed by atoms with E-state index in [0.717, 1.165) is 0 Å². The van der Waals surface area contributed by atoms with Gasteiger partial charge < -0.3 is 10.1 Å². The minimum absolute atomic E-state index is 0.0951. The summed E-state index contributed by atoms with van der Waals surface area (Å²) in [5.41, 5.74) is 0.439. The second kappa shape index (κ2) is 5.38. The van der Waals surface area contributed by atoms with E-state index in [1.165, 1.54) is 7.11 Å². The molecule has 7 heteroatoms. The number of nitrogens with one attached hydrogen (secondary N) is 1. The smallest absolute Gasteiger partial charge is 0.251 e. The second-order valence-corrected chi connectivity index (χ2v) is 7.12. The van der Waals surface area contributed by atoms with Crippen LogP contribution in [0.5, 0.6) is 5.75 Å². The van der Waals surface area contributed by atoms with Gasteiger partial charge in [0, 0.05) is 5.56 Å². The molecule has 0 aromatic heterocycles. The van der Waals surface area contributed by atoms with E-state index in [1.54, 1.807) is 24.3 Å². The summed E-state index contributed by atoms with van der Waals surface area (Å²) in [5.74, 6) is 0.108. The SMILES string of the molecule is COc1ccc(C(=O)N[C@@H]2CS(=O)(=O)C[C@H]2Cl)cc1. The van der Waals surface area contributed by atoms with Gasteiger partial charge in [-0.05, 0) is 24.3 Å². The Morgan fingerprint density at radius 2 is 1.95 bits per heavy atom. The van der Waals surface area contributed by atoms with Crippen LogP contribution in [0.1, 0.15) is 10.4 Å². The Morgan fingerprint density at radius 1 is 1.32 bits per heavy atom. The van der Waals surface area contributed by atoms with Crippen LogP contribution in [0.15, 0.2) is 24.3 Å². The first kappa shape index (κ1) is 14.1. The number of sulfone groups is 1. The van der Waals surface area contributed by atoms with Crippen LogP contribution < -0.4 is 10.1 Å². The predicted molar refractivity (Wildman–Crippen MR) is 72.5 cm³/mol. The lowest BCUT2D eigenvalue weighted by atomic mass is 10.2. The van der Waals surface area contributed by atoms with Crippen molar-refractivity contribution >= 4 is 27.3 Å². The zero-order valence-corrected chi connectivity index (χ0v) is 11.9. The Morgan fingerprint density at radius 3 is 2.42 bits per heavy atom. The Bertz CT molecular complexity index is 570. The average Bonchev–Trinajstić information content (AvgIpc) is 2.62. The fourth-order valence-electron chi connectivity index (χ4n) is 1.93. The highest BCUT2D eigenvalue weighted by Gasteiger charge is 2.37. The standard InChI is InChI=1S/C12H14ClNO4S/c1-18-9-4-2-8(3-5-9)12(15)14-11-7-19(16,17)6-10(11)13/h2-5,10-11H,6-7H2,1H3,(H,14,15)/t10-,11-/m1/s1. The van der Waals surface area contributed by atoms with Crippen molar-refractivity contribution in [3.8, 4) is 5.75 Å². The van der Waals surface area contributed by atoms with Gasteiger partial charge in [-0.1, -0.05) is 0 Å². The normalized spacial score (nSPS) is 24.9. The fraction of sp³-hybridized carbons (Fsp3) is 0.417. The zero-order chi connectivity index (χ0) is 14.0. The van der Waals surface area contributed by atoms with Crippen molar-refractivity contribution in [2.45, 2.75) is 11.4 Å². The molecule has 0 saturated carbocycles. The summed E-state index contributed by atoms with van der Waals surface area (Å²) in [7, 11) is -1.61. The van der Waals surface area contributed by atoms with Crippen LogP contribution in [0.2, 0.25) is 0 Å². The van der Waals surface area contributed by atoms with Crippen LogP contribution in [-0.2, 0) is 9.84 Å². The number of hydrogen-bond acceptors (Lipinski definition) is 4. The van der Waals surface area contributed by atoms with Gasteiger partial charge in [-0.3, -0.25) is 4.79 Å². The summed E-state index contributed by atoms with van der Waals surface area (Å²) in [6, 6.07) is 6.01. The first-order valence-electron chi connectivity index (χ1n) is 5.71. The first-order valence-corrected chi connectivity index (χ1v) is 7.96. The Labute approximate surface area is 116 Å². The molecule has 2 rings (SSSR count). The number of halogens is 1. The monoisotopic (exact) mass is 303 g/mol. The van der Waals surface area contributed by atoms with Crippen LogP contribution in [0, 0.1) is 0 Å². The van der Waals surface area contributed by atoms with Gasteiger partial charge in [0.1, 0.15) is 5.75 Å². The Kier molecular flexibility index (Phi) is 4.01. The molecule has 5 nitrogen and oxygen atoms in total. The molecule has 1 fully saturated rings. The van der Waals surface area contributed by atoms with Crippen LogP contribution in [0.4, 0.5) is 0 Å². The summed E-state index contributed by atoms with van der Waals surface area (Å²) < 4.78 is 27.8. The molecule has 0 unspecified atom stereocenters. The van der Waals surface area contributed by atoms with Gasteiger partial charge in [-0.15, -0.1) is 11.6 Å². The number of hydrogen-bond donors (Lipinski definition) is 1. The van der Waals surface area contributed by atoms with E-state index in [-0.39, 0.29) is 17.4 Å². The van der Waals surface area contributed by atoms with Gasteiger partial charge in [0.25, 0.3) is 5.91 Å². The van der Waals surface area contributed by atoms with Crippen molar-refractivity contribution in [3.63, 3.8) is 0 Å². The number of methoxy groups -OCH3 is 1.